The summed E-state index contributed by atoms with van der Waals surface area (Å²) < 4.78 is 0. The predicted molar refractivity (Wildman–Crippen MR) is 68.2 cm³/mol. The van der Waals surface area contributed by atoms with E-state index in [2.05, 4.69) is 4.98 Å². The quantitative estimate of drug-likeness (QED) is 0.796. The highest BCUT2D eigenvalue weighted by Gasteiger charge is 2.09. The molecule has 82 valence electrons. The molecule has 0 bridgehead atoms. The normalized spacial score (nSPS) is 10.4. The zero-order valence-corrected chi connectivity index (χ0v) is 9.62. The maximum absolute atomic E-state index is 6.17. The first-order valence-electron chi connectivity index (χ1n) is 4.86. The third-order valence-electron chi connectivity index (χ3n) is 2.44. The highest BCUT2D eigenvalue weighted by Crippen LogP contribution is 2.34. The summed E-state index contributed by atoms with van der Waals surface area (Å²) in [5.41, 5.74) is 14.8. The second-order valence-electron chi connectivity index (χ2n) is 3.64. The second-order valence-corrected chi connectivity index (χ2v) is 4.05. The van der Waals surface area contributed by atoms with Gasteiger partial charge in [0.25, 0.3) is 0 Å². The molecule has 0 radical (unpaired) electrons. The first-order valence-corrected chi connectivity index (χ1v) is 5.24. The molecule has 0 saturated carbocycles. The number of rotatable bonds is 1. The molecule has 0 aliphatic rings. The van der Waals surface area contributed by atoms with Gasteiger partial charge in [-0.1, -0.05) is 23.7 Å². The lowest BCUT2D eigenvalue weighted by Crippen LogP contribution is -1.99. The van der Waals surface area contributed by atoms with Crippen LogP contribution in [0.25, 0.3) is 11.1 Å². The van der Waals surface area contributed by atoms with Gasteiger partial charge in [0.15, 0.2) is 0 Å². The summed E-state index contributed by atoms with van der Waals surface area (Å²) in [5.74, 6) is 0.328. The summed E-state index contributed by atoms with van der Waals surface area (Å²) >= 11 is 6.17. The Morgan fingerprint density at radius 1 is 1.12 bits per heavy atom. The molecule has 4 heteroatoms. The van der Waals surface area contributed by atoms with E-state index in [0.717, 1.165) is 16.7 Å². The molecule has 0 aliphatic carbocycles. The third-order valence-corrected chi connectivity index (χ3v) is 2.75. The van der Waals surface area contributed by atoms with E-state index in [0.29, 0.717) is 16.5 Å². The van der Waals surface area contributed by atoms with Gasteiger partial charge in [-0.05, 0) is 24.6 Å². The van der Waals surface area contributed by atoms with Crippen LogP contribution in [-0.4, -0.2) is 4.98 Å². The van der Waals surface area contributed by atoms with Crippen molar-refractivity contribution in [2.75, 3.05) is 11.5 Å². The van der Waals surface area contributed by atoms with E-state index < -0.39 is 0 Å². The summed E-state index contributed by atoms with van der Waals surface area (Å²) in [5, 5.41) is 0.664. The molecule has 1 heterocycles. The number of aryl methyl sites for hydroxylation is 1. The van der Waals surface area contributed by atoms with Crippen molar-refractivity contribution in [2.24, 2.45) is 0 Å². The number of benzene rings is 1. The first kappa shape index (κ1) is 10.8. The molecule has 1 aromatic heterocycles. The van der Waals surface area contributed by atoms with Crippen molar-refractivity contribution in [1.82, 2.24) is 4.98 Å². The molecule has 0 fully saturated rings. The topological polar surface area (TPSA) is 64.9 Å². The van der Waals surface area contributed by atoms with Gasteiger partial charge in [0.1, 0.15) is 5.82 Å². The molecule has 1 aromatic carbocycles. The fourth-order valence-corrected chi connectivity index (χ4v) is 1.90. The Morgan fingerprint density at radius 3 is 2.56 bits per heavy atom. The van der Waals surface area contributed by atoms with Gasteiger partial charge in [0, 0.05) is 22.3 Å². The zero-order chi connectivity index (χ0) is 11.7. The molecule has 0 aliphatic heterocycles. The van der Waals surface area contributed by atoms with Crippen LogP contribution >= 0.6 is 11.6 Å². The minimum absolute atomic E-state index is 0.328. The summed E-state index contributed by atoms with van der Waals surface area (Å²) in [4.78, 5) is 3.92. The number of nitrogens with two attached hydrogens (primary N) is 2. The maximum atomic E-state index is 6.17. The smallest absolute Gasteiger partial charge is 0.147 e. The Labute approximate surface area is 99.1 Å². The third kappa shape index (κ3) is 1.82. The minimum atomic E-state index is 0.328. The average molecular weight is 234 g/mol. The van der Waals surface area contributed by atoms with Crippen molar-refractivity contribution in [1.29, 1.82) is 0 Å². The van der Waals surface area contributed by atoms with E-state index in [1.807, 2.05) is 31.2 Å². The van der Waals surface area contributed by atoms with Crippen molar-refractivity contribution in [3.8, 4) is 11.1 Å². The molecule has 2 rings (SSSR count). The van der Waals surface area contributed by atoms with Crippen molar-refractivity contribution in [2.45, 2.75) is 6.92 Å². The van der Waals surface area contributed by atoms with Crippen LogP contribution in [0.2, 0.25) is 5.02 Å². The lowest BCUT2D eigenvalue weighted by Gasteiger charge is -2.09. The van der Waals surface area contributed by atoms with Gasteiger partial charge in [-0.2, -0.15) is 0 Å². The molecular formula is C12H12ClN3. The summed E-state index contributed by atoms with van der Waals surface area (Å²) in [7, 11) is 0. The number of nitrogen functional groups attached to an aromatic ring is 2. The van der Waals surface area contributed by atoms with E-state index in [-0.39, 0.29) is 0 Å². The van der Waals surface area contributed by atoms with Gasteiger partial charge in [0.05, 0.1) is 5.69 Å². The fourth-order valence-electron chi connectivity index (χ4n) is 1.56. The van der Waals surface area contributed by atoms with E-state index in [9.17, 15) is 0 Å². The van der Waals surface area contributed by atoms with E-state index in [1.165, 1.54) is 0 Å². The SMILES string of the molecule is Cc1ccc(-c2ccnc(N)c2N)c(Cl)c1. The van der Waals surface area contributed by atoms with Crippen LogP contribution in [0.15, 0.2) is 30.5 Å². The summed E-state index contributed by atoms with van der Waals surface area (Å²) in [6, 6.07) is 7.62. The molecule has 0 amide bonds. The number of halogens is 1. The number of hydrogen-bond donors (Lipinski definition) is 2. The van der Waals surface area contributed by atoms with Crippen LogP contribution in [0.5, 0.6) is 0 Å². The monoisotopic (exact) mass is 233 g/mol. The van der Waals surface area contributed by atoms with Gasteiger partial charge >= 0.3 is 0 Å². The van der Waals surface area contributed by atoms with E-state index in [1.54, 1.807) is 6.20 Å². The van der Waals surface area contributed by atoms with Gasteiger partial charge in [0.2, 0.25) is 0 Å². The van der Waals surface area contributed by atoms with Crippen LogP contribution in [0, 0.1) is 6.92 Å². The Kier molecular flexibility index (Phi) is 2.71. The number of hydrogen-bond acceptors (Lipinski definition) is 3. The Hall–Kier alpha value is -1.74. The lowest BCUT2D eigenvalue weighted by molar-refractivity contribution is 1.34. The molecule has 0 atom stereocenters. The highest BCUT2D eigenvalue weighted by atomic mass is 35.5. The number of aromatic nitrogens is 1. The van der Waals surface area contributed by atoms with Crippen molar-refractivity contribution >= 4 is 23.1 Å². The first-order chi connectivity index (χ1) is 7.59. The van der Waals surface area contributed by atoms with Gasteiger partial charge in [-0.3, -0.25) is 0 Å². The van der Waals surface area contributed by atoms with Crippen LogP contribution in [0.1, 0.15) is 5.56 Å². The van der Waals surface area contributed by atoms with Crippen LogP contribution in [-0.2, 0) is 0 Å². The molecule has 3 nitrogen and oxygen atoms in total. The van der Waals surface area contributed by atoms with Crippen LogP contribution in [0.3, 0.4) is 0 Å². The van der Waals surface area contributed by atoms with Gasteiger partial charge in [-0.15, -0.1) is 0 Å². The van der Waals surface area contributed by atoms with Crippen LogP contribution < -0.4 is 11.5 Å². The zero-order valence-electron chi connectivity index (χ0n) is 8.87. The van der Waals surface area contributed by atoms with Gasteiger partial charge in [-0.25, -0.2) is 4.98 Å². The Morgan fingerprint density at radius 2 is 1.88 bits per heavy atom. The average Bonchev–Trinajstić information content (AvgIpc) is 2.23. The van der Waals surface area contributed by atoms with Gasteiger partial charge < -0.3 is 11.5 Å². The number of nitrogens with zero attached hydrogens (tertiary/aromatic N) is 1. The van der Waals surface area contributed by atoms with E-state index >= 15 is 0 Å². The molecule has 16 heavy (non-hydrogen) atoms. The molecule has 4 N–H and O–H groups in total. The van der Waals surface area contributed by atoms with E-state index in [4.69, 9.17) is 23.1 Å². The lowest BCUT2D eigenvalue weighted by atomic mass is 10.0. The predicted octanol–water partition coefficient (Wildman–Crippen LogP) is 2.87. The van der Waals surface area contributed by atoms with Crippen molar-refractivity contribution in [3.05, 3.63) is 41.0 Å². The molecular weight excluding hydrogens is 222 g/mol. The fraction of sp³-hybridized carbons (Fsp3) is 0.0833. The molecule has 0 unspecified atom stereocenters. The largest absolute Gasteiger partial charge is 0.395 e. The highest BCUT2D eigenvalue weighted by molar-refractivity contribution is 6.33. The Balaban J connectivity index is 2.63. The maximum Gasteiger partial charge on any atom is 0.147 e. The van der Waals surface area contributed by atoms with Crippen LogP contribution in [0.4, 0.5) is 11.5 Å². The standard InChI is InChI=1S/C12H12ClN3/c1-7-2-3-8(10(13)6-7)9-4-5-16-12(15)11(9)14/h2-6H,14H2,1H3,(H2,15,16). The minimum Gasteiger partial charge on any atom is -0.395 e. The molecule has 0 spiro atoms. The second kappa shape index (κ2) is 4.02. The molecule has 0 saturated heterocycles. The van der Waals surface area contributed by atoms with Crippen molar-refractivity contribution in [3.63, 3.8) is 0 Å². The molecule has 2 aromatic rings. The summed E-state index contributed by atoms with van der Waals surface area (Å²) in [6.07, 6.45) is 1.62. The number of anilines is 2. The number of pyridine rings is 1. The van der Waals surface area contributed by atoms with Crippen molar-refractivity contribution < 1.29 is 0 Å². The summed E-state index contributed by atoms with van der Waals surface area (Å²) in [6.45, 7) is 1.99. The Bertz CT molecular complexity index is 538.